The fourth-order valence-corrected chi connectivity index (χ4v) is 2.89. The molecule has 1 unspecified atom stereocenters. The largest absolute Gasteiger partial charge is 0.386 e. The molecule has 20 heavy (non-hydrogen) atoms. The zero-order valence-corrected chi connectivity index (χ0v) is 12.4. The van der Waals surface area contributed by atoms with E-state index in [1.54, 1.807) is 23.8 Å². The lowest BCUT2D eigenvalue weighted by atomic mass is 9.84. The molecule has 2 rings (SSSR count). The van der Waals surface area contributed by atoms with Crippen molar-refractivity contribution in [2.45, 2.75) is 45.1 Å². The van der Waals surface area contributed by atoms with Gasteiger partial charge in [0.25, 0.3) is 0 Å². The fourth-order valence-electron chi connectivity index (χ4n) is 2.78. The number of aliphatic hydroxyl groups excluding tert-OH is 1. The van der Waals surface area contributed by atoms with Crippen LogP contribution in [0.15, 0.2) is 23.9 Å². The Labute approximate surface area is 123 Å². The molecular weight excluding hydrogens is 279 g/mol. The van der Waals surface area contributed by atoms with Crippen molar-refractivity contribution < 1.29 is 9.50 Å². The summed E-state index contributed by atoms with van der Waals surface area (Å²) in [6.45, 7) is 1.75. The number of allylic oxidation sites excluding steroid dienone is 1. The van der Waals surface area contributed by atoms with Crippen molar-refractivity contribution >= 4 is 23.4 Å². The molecule has 1 saturated carbocycles. The average molecular weight is 299 g/mol. The summed E-state index contributed by atoms with van der Waals surface area (Å²) in [4.78, 5) is 4.01. The first-order valence-electron chi connectivity index (χ1n) is 6.98. The Balaban J connectivity index is 2.24. The van der Waals surface area contributed by atoms with Crippen LogP contribution in [0.2, 0.25) is 0 Å². The number of imidazole rings is 1. The highest BCUT2D eigenvalue weighted by molar-refractivity contribution is 6.31. The van der Waals surface area contributed by atoms with Crippen molar-refractivity contribution in [1.82, 2.24) is 9.55 Å². The first-order valence-corrected chi connectivity index (χ1v) is 7.36. The molecule has 0 amide bonds. The van der Waals surface area contributed by atoms with Crippen molar-refractivity contribution in [2.24, 2.45) is 5.92 Å². The first-order chi connectivity index (χ1) is 9.63. The van der Waals surface area contributed by atoms with Gasteiger partial charge in [0.1, 0.15) is 6.33 Å². The van der Waals surface area contributed by atoms with Crippen molar-refractivity contribution in [3.05, 3.63) is 29.6 Å². The van der Waals surface area contributed by atoms with Gasteiger partial charge in [0, 0.05) is 5.03 Å². The average Bonchev–Trinajstić information content (AvgIpc) is 2.88. The highest BCUT2D eigenvalue weighted by atomic mass is 35.5. The number of rotatable bonds is 4. The smallest absolute Gasteiger partial charge is 0.109 e. The summed E-state index contributed by atoms with van der Waals surface area (Å²) in [7, 11) is 0. The Morgan fingerprint density at radius 2 is 2.20 bits per heavy atom. The minimum atomic E-state index is -0.808. The van der Waals surface area contributed by atoms with E-state index in [-0.39, 0.29) is 11.6 Å². The summed E-state index contributed by atoms with van der Waals surface area (Å²) < 4.78 is 14.9. The lowest BCUT2D eigenvalue weighted by Crippen LogP contribution is -2.26. The summed E-state index contributed by atoms with van der Waals surface area (Å²) in [5, 5.41) is 11.0. The van der Waals surface area contributed by atoms with Gasteiger partial charge in [0.15, 0.2) is 0 Å². The maximum Gasteiger partial charge on any atom is 0.109 e. The maximum atomic E-state index is 13.3. The van der Waals surface area contributed by atoms with Gasteiger partial charge in [0.2, 0.25) is 0 Å². The normalized spacial score (nSPS) is 20.2. The third-order valence-corrected chi connectivity index (χ3v) is 3.91. The van der Waals surface area contributed by atoms with Gasteiger partial charge in [-0.25, -0.2) is 9.37 Å². The van der Waals surface area contributed by atoms with Crippen LogP contribution in [-0.2, 0) is 0 Å². The van der Waals surface area contributed by atoms with E-state index in [2.05, 4.69) is 4.98 Å². The third-order valence-electron chi connectivity index (χ3n) is 3.80. The predicted molar refractivity (Wildman–Crippen MR) is 79.7 cm³/mol. The number of aromatic nitrogens is 2. The lowest BCUT2D eigenvalue weighted by Gasteiger charge is -2.28. The molecule has 1 aromatic rings. The van der Waals surface area contributed by atoms with Crippen molar-refractivity contribution in [2.75, 3.05) is 0 Å². The van der Waals surface area contributed by atoms with E-state index in [1.807, 2.05) is 0 Å². The molecule has 1 N–H and O–H groups in total. The Kier molecular flexibility index (Phi) is 5.38. The number of nitrogens with zero attached hydrogens (tertiary/aromatic N) is 2. The van der Waals surface area contributed by atoms with Crippen molar-refractivity contribution in [3.8, 4) is 0 Å². The molecule has 1 fully saturated rings. The number of hydrogen-bond donors (Lipinski definition) is 1. The maximum absolute atomic E-state index is 13.3. The van der Waals surface area contributed by atoms with Crippen LogP contribution in [0.25, 0.3) is 11.8 Å². The van der Waals surface area contributed by atoms with Crippen LogP contribution < -0.4 is 0 Å². The van der Waals surface area contributed by atoms with Gasteiger partial charge in [0.05, 0.1) is 30.0 Å². The zero-order chi connectivity index (χ0) is 14.5. The van der Waals surface area contributed by atoms with Gasteiger partial charge in [-0.15, -0.1) is 0 Å². The second kappa shape index (κ2) is 7.04. The van der Waals surface area contributed by atoms with E-state index >= 15 is 0 Å². The van der Waals surface area contributed by atoms with E-state index in [4.69, 9.17) is 11.6 Å². The number of hydrogen-bond acceptors (Lipinski definition) is 2. The van der Waals surface area contributed by atoms with E-state index in [0.717, 1.165) is 25.7 Å². The molecule has 1 aromatic heterocycles. The number of aliphatic hydroxyl groups is 1. The molecule has 0 bridgehead atoms. The van der Waals surface area contributed by atoms with E-state index in [0.29, 0.717) is 17.1 Å². The monoisotopic (exact) mass is 298 g/mol. The molecule has 1 atom stereocenters. The summed E-state index contributed by atoms with van der Waals surface area (Å²) in [5.74, 6) is 0.113. The highest BCUT2D eigenvalue weighted by Gasteiger charge is 2.26. The SMILES string of the molecule is C/C(Cl)=C\c1cncn1/C(=C/F)C(O)C1CCCCC1. The molecule has 0 saturated heterocycles. The standard InChI is InChI=1S/C15H20ClFN2O/c1-11(16)7-13-9-18-10-19(13)14(8-17)15(20)12-5-3-2-4-6-12/h7-10,12,15,20H,2-6H2,1H3/b11-7+,14-8+. The Bertz CT molecular complexity index is 500. The van der Waals surface area contributed by atoms with Gasteiger partial charge in [-0.05, 0) is 31.8 Å². The van der Waals surface area contributed by atoms with Crippen molar-refractivity contribution in [1.29, 1.82) is 0 Å². The van der Waals surface area contributed by atoms with Crippen LogP contribution in [-0.4, -0.2) is 20.8 Å². The predicted octanol–water partition coefficient (Wildman–Crippen LogP) is 4.19. The second-order valence-electron chi connectivity index (χ2n) is 5.30. The number of halogens is 2. The van der Waals surface area contributed by atoms with Crippen LogP contribution in [0.5, 0.6) is 0 Å². The fraction of sp³-hybridized carbons (Fsp3) is 0.533. The Morgan fingerprint density at radius 3 is 2.80 bits per heavy atom. The summed E-state index contributed by atoms with van der Waals surface area (Å²) >= 11 is 5.86. The van der Waals surface area contributed by atoms with Crippen LogP contribution in [0.1, 0.15) is 44.7 Å². The van der Waals surface area contributed by atoms with E-state index < -0.39 is 6.10 Å². The molecule has 5 heteroatoms. The molecule has 0 aromatic carbocycles. The Morgan fingerprint density at radius 1 is 1.50 bits per heavy atom. The molecule has 3 nitrogen and oxygen atoms in total. The molecule has 110 valence electrons. The van der Waals surface area contributed by atoms with Crippen LogP contribution in [0, 0.1) is 5.92 Å². The highest BCUT2D eigenvalue weighted by Crippen LogP contribution is 2.31. The molecule has 0 radical (unpaired) electrons. The summed E-state index contributed by atoms with van der Waals surface area (Å²) in [6, 6.07) is 0. The van der Waals surface area contributed by atoms with Crippen LogP contribution in [0.3, 0.4) is 0 Å². The minimum absolute atomic E-state index is 0.113. The van der Waals surface area contributed by atoms with Crippen LogP contribution >= 0.6 is 11.6 Å². The van der Waals surface area contributed by atoms with Gasteiger partial charge >= 0.3 is 0 Å². The molecular formula is C15H20ClFN2O. The first kappa shape index (κ1) is 15.3. The van der Waals surface area contributed by atoms with E-state index in [9.17, 15) is 9.50 Å². The quantitative estimate of drug-likeness (QED) is 0.905. The lowest BCUT2D eigenvalue weighted by molar-refractivity contribution is 0.127. The molecule has 0 spiro atoms. The third kappa shape index (κ3) is 3.49. The topological polar surface area (TPSA) is 38.0 Å². The van der Waals surface area contributed by atoms with Gasteiger partial charge < -0.3 is 5.11 Å². The minimum Gasteiger partial charge on any atom is -0.386 e. The van der Waals surface area contributed by atoms with Crippen molar-refractivity contribution in [3.63, 3.8) is 0 Å². The molecule has 0 aliphatic heterocycles. The molecule has 1 aliphatic carbocycles. The zero-order valence-electron chi connectivity index (χ0n) is 11.6. The summed E-state index contributed by atoms with van der Waals surface area (Å²) in [5.41, 5.74) is 0.898. The molecule has 1 heterocycles. The van der Waals surface area contributed by atoms with Gasteiger partial charge in [-0.1, -0.05) is 30.9 Å². The summed E-state index contributed by atoms with van der Waals surface area (Å²) in [6.07, 6.45) is 9.73. The molecule has 1 aliphatic rings. The van der Waals surface area contributed by atoms with Gasteiger partial charge in [-0.2, -0.15) is 0 Å². The Hall–Kier alpha value is -1.13. The van der Waals surface area contributed by atoms with Gasteiger partial charge in [-0.3, -0.25) is 4.57 Å². The van der Waals surface area contributed by atoms with Crippen LogP contribution in [0.4, 0.5) is 4.39 Å². The van der Waals surface area contributed by atoms with E-state index in [1.165, 1.54) is 12.7 Å². The second-order valence-corrected chi connectivity index (χ2v) is 5.89.